The minimum Gasteiger partial charge on any atom is -0.481 e. The number of ether oxygens (including phenoxy) is 1. The lowest BCUT2D eigenvalue weighted by Gasteiger charge is -2.32. The fourth-order valence-corrected chi connectivity index (χ4v) is 1.56. The number of nitrogens with zero attached hydrogens (tertiary/aromatic N) is 1. The second kappa shape index (κ2) is 4.00. The highest BCUT2D eigenvalue weighted by Gasteiger charge is 2.52. The smallest absolute Gasteiger partial charge is 0.481 e. The Balaban J connectivity index is 2.52. The highest BCUT2D eigenvalue weighted by Crippen LogP contribution is 2.36. The monoisotopic (exact) mass is 238 g/mol. The van der Waals surface area contributed by atoms with E-state index >= 15 is 0 Å². The normalized spacial score (nSPS) is 24.1. The van der Waals surface area contributed by atoms with E-state index in [-0.39, 0.29) is 29.6 Å². The highest BCUT2D eigenvalue weighted by atomic mass is 16.7. The van der Waals surface area contributed by atoms with E-state index in [1.54, 1.807) is 0 Å². The van der Waals surface area contributed by atoms with E-state index in [0.717, 1.165) is 0 Å². The molecule has 4 nitrogen and oxygen atoms in total. The van der Waals surface area contributed by atoms with Crippen LogP contribution in [-0.4, -0.2) is 30.4 Å². The summed E-state index contributed by atoms with van der Waals surface area (Å²) in [5, 5.41) is 0. The zero-order chi connectivity index (χ0) is 15.3. The van der Waals surface area contributed by atoms with Gasteiger partial charge in [-0.3, -0.25) is 0 Å². The molecular formula is C12H18BNO3. The van der Waals surface area contributed by atoms with Gasteiger partial charge in [0.05, 0.1) is 22.4 Å². The van der Waals surface area contributed by atoms with Crippen molar-refractivity contribution in [1.82, 2.24) is 4.98 Å². The van der Waals surface area contributed by atoms with Gasteiger partial charge in [-0.25, -0.2) is 4.98 Å². The summed E-state index contributed by atoms with van der Waals surface area (Å²) >= 11 is 0. The van der Waals surface area contributed by atoms with Gasteiger partial charge in [0.15, 0.2) is 0 Å². The maximum Gasteiger partial charge on any atom is 0.500 e. The Kier molecular flexibility index (Phi) is 2.10. The Labute approximate surface area is 107 Å². The fraction of sp³-hybridized carbons (Fsp3) is 0.583. The van der Waals surface area contributed by atoms with E-state index in [2.05, 4.69) is 4.98 Å². The van der Waals surface area contributed by atoms with Crippen LogP contribution in [0.5, 0.6) is 5.88 Å². The molecule has 0 aromatic carbocycles. The van der Waals surface area contributed by atoms with Gasteiger partial charge < -0.3 is 14.0 Å². The van der Waals surface area contributed by atoms with Crippen LogP contribution in [0, 0.1) is 0 Å². The first-order valence-corrected chi connectivity index (χ1v) is 5.48. The zero-order valence-corrected chi connectivity index (χ0v) is 10.7. The molecule has 2 heterocycles. The molecule has 1 aliphatic rings. The summed E-state index contributed by atoms with van der Waals surface area (Å²) in [6, 6.07) is -0.420. The van der Waals surface area contributed by atoms with Crippen LogP contribution in [0.15, 0.2) is 18.3 Å². The van der Waals surface area contributed by atoms with Crippen molar-refractivity contribution in [2.24, 2.45) is 0 Å². The lowest BCUT2D eigenvalue weighted by Crippen LogP contribution is -2.41. The number of hydrogen-bond acceptors (Lipinski definition) is 4. The minimum atomic E-state index is -0.834. The molecule has 0 atom stereocenters. The van der Waals surface area contributed by atoms with Gasteiger partial charge in [0.1, 0.15) is 0 Å². The van der Waals surface area contributed by atoms with Gasteiger partial charge in [-0.05, 0) is 33.7 Å². The van der Waals surface area contributed by atoms with Gasteiger partial charge >= 0.3 is 7.12 Å². The molecule has 0 saturated carbocycles. The number of rotatable bonds is 2. The Hall–Kier alpha value is -1.07. The third kappa shape index (κ3) is 2.05. The van der Waals surface area contributed by atoms with Crippen molar-refractivity contribution in [3.05, 3.63) is 18.3 Å². The van der Waals surface area contributed by atoms with Gasteiger partial charge in [0.25, 0.3) is 0 Å². The quantitative estimate of drug-likeness (QED) is 0.730. The maximum absolute atomic E-state index is 8.02. The van der Waals surface area contributed by atoms with Crippen LogP contribution in [0.2, 0.25) is 0 Å². The molecule has 92 valence electrons. The van der Waals surface area contributed by atoms with Gasteiger partial charge in [-0.2, -0.15) is 0 Å². The second-order valence-corrected chi connectivity index (χ2v) is 4.98. The molecule has 0 aliphatic carbocycles. The molecule has 0 unspecified atom stereocenters. The average molecular weight is 238 g/mol. The molecule has 2 rings (SSSR count). The zero-order valence-electron chi connectivity index (χ0n) is 13.7. The van der Waals surface area contributed by atoms with E-state index in [1.165, 1.54) is 7.11 Å². The van der Waals surface area contributed by atoms with Crippen LogP contribution in [0.4, 0.5) is 0 Å². The van der Waals surface area contributed by atoms with E-state index in [4.69, 9.17) is 18.2 Å². The Morgan fingerprint density at radius 3 is 2.41 bits per heavy atom. The number of hydrogen-bond donors (Lipinski definition) is 0. The summed E-state index contributed by atoms with van der Waals surface area (Å²) in [4.78, 5) is 3.87. The van der Waals surface area contributed by atoms with Crippen molar-refractivity contribution in [3.8, 4) is 5.88 Å². The van der Waals surface area contributed by atoms with Crippen LogP contribution in [0.25, 0.3) is 0 Å². The van der Waals surface area contributed by atoms with Gasteiger partial charge in [0, 0.05) is 11.6 Å². The van der Waals surface area contributed by atoms with E-state index in [9.17, 15) is 0 Å². The first kappa shape index (κ1) is 8.94. The molecule has 5 heteroatoms. The summed E-state index contributed by atoms with van der Waals surface area (Å²) in [6.07, 6.45) is -0.299. The van der Waals surface area contributed by atoms with Crippen molar-refractivity contribution in [2.45, 2.75) is 38.9 Å². The molecule has 0 amide bonds. The molecule has 1 aliphatic heterocycles. The number of aromatic nitrogens is 1. The molecule has 0 radical (unpaired) electrons. The second-order valence-electron chi connectivity index (χ2n) is 4.98. The molecule has 0 spiro atoms. The summed E-state index contributed by atoms with van der Waals surface area (Å²) in [5.41, 5.74) is -0.861. The highest BCUT2D eigenvalue weighted by molar-refractivity contribution is 6.63. The van der Waals surface area contributed by atoms with Crippen molar-refractivity contribution in [2.75, 3.05) is 7.11 Å². The standard InChI is InChI=1S/C12H18BNO3/c1-11(2)12(3,4)17-13(16-11)9-7-6-8-14-10(9)15-5/h6-8H,1-5H3/i6D,7D,8D. The summed E-state index contributed by atoms with van der Waals surface area (Å²) in [6.45, 7) is 7.60. The molecule has 1 aromatic rings. The van der Waals surface area contributed by atoms with Crippen molar-refractivity contribution < 1.29 is 18.2 Å². The summed E-state index contributed by atoms with van der Waals surface area (Å²) < 4.78 is 40.1. The van der Waals surface area contributed by atoms with Crippen molar-refractivity contribution in [3.63, 3.8) is 0 Å². The molecule has 1 aromatic heterocycles. The van der Waals surface area contributed by atoms with Crippen molar-refractivity contribution in [1.29, 1.82) is 0 Å². The summed E-state index contributed by atoms with van der Waals surface area (Å²) in [5.74, 6) is 0.0921. The number of methoxy groups -OCH3 is 1. The Morgan fingerprint density at radius 1 is 1.29 bits per heavy atom. The summed E-state index contributed by atoms with van der Waals surface area (Å²) in [7, 11) is 0.569. The third-order valence-electron chi connectivity index (χ3n) is 3.32. The Bertz CT molecular complexity index is 535. The van der Waals surface area contributed by atoms with E-state index < -0.39 is 18.3 Å². The largest absolute Gasteiger partial charge is 0.500 e. The molecule has 1 fully saturated rings. The molecular weight excluding hydrogens is 217 g/mol. The first-order valence-electron chi connectivity index (χ1n) is 6.98. The lowest BCUT2D eigenvalue weighted by atomic mass is 9.80. The maximum atomic E-state index is 8.02. The molecule has 0 N–H and O–H groups in total. The van der Waals surface area contributed by atoms with Crippen LogP contribution < -0.4 is 10.2 Å². The SMILES string of the molecule is [2H]c1nc(OC)c(B2OC(C)(C)C(C)(C)O2)c([2H])c1[2H]. The average Bonchev–Trinajstić information content (AvgIpc) is 2.54. The van der Waals surface area contributed by atoms with Crippen LogP contribution in [-0.2, 0) is 9.31 Å². The van der Waals surface area contributed by atoms with Crippen LogP contribution in [0.1, 0.15) is 31.8 Å². The Morgan fingerprint density at radius 2 is 1.88 bits per heavy atom. The number of pyridine rings is 1. The molecule has 17 heavy (non-hydrogen) atoms. The van der Waals surface area contributed by atoms with Crippen LogP contribution in [0.3, 0.4) is 0 Å². The first-order chi connectivity index (χ1) is 9.10. The van der Waals surface area contributed by atoms with Crippen molar-refractivity contribution >= 4 is 12.6 Å². The minimum absolute atomic E-state index is 0.0921. The molecule has 1 saturated heterocycles. The van der Waals surface area contributed by atoms with Crippen LogP contribution >= 0.6 is 0 Å². The lowest BCUT2D eigenvalue weighted by molar-refractivity contribution is 0.00578. The predicted molar refractivity (Wildman–Crippen MR) is 66.5 cm³/mol. The van der Waals surface area contributed by atoms with Gasteiger partial charge in [0.2, 0.25) is 5.88 Å². The fourth-order valence-electron chi connectivity index (χ4n) is 1.56. The van der Waals surface area contributed by atoms with Gasteiger partial charge in [-0.15, -0.1) is 0 Å². The molecule has 0 bridgehead atoms. The third-order valence-corrected chi connectivity index (χ3v) is 3.32. The van der Waals surface area contributed by atoms with E-state index in [0.29, 0.717) is 0 Å². The van der Waals surface area contributed by atoms with E-state index in [1.807, 2.05) is 27.7 Å². The predicted octanol–water partition coefficient (Wildman–Crippen LogP) is 1.39. The van der Waals surface area contributed by atoms with Gasteiger partial charge in [-0.1, -0.05) is 6.04 Å². The topological polar surface area (TPSA) is 40.6 Å².